The van der Waals surface area contributed by atoms with Gasteiger partial charge in [-0.2, -0.15) is 0 Å². The minimum atomic E-state index is -3.57. The van der Waals surface area contributed by atoms with Crippen molar-refractivity contribution < 1.29 is 17.9 Å². The van der Waals surface area contributed by atoms with Gasteiger partial charge in [0, 0.05) is 6.54 Å². The maximum absolute atomic E-state index is 12.7. The number of benzene rings is 2. The van der Waals surface area contributed by atoms with E-state index in [0.717, 1.165) is 22.9 Å². The maximum Gasteiger partial charge on any atom is 0.263 e. The number of rotatable bonds is 4. The zero-order valence-corrected chi connectivity index (χ0v) is 18.3. The highest BCUT2D eigenvalue weighted by Crippen LogP contribution is 2.38. The second-order valence-corrected chi connectivity index (χ2v) is 10.4. The molecule has 1 amide bonds. The van der Waals surface area contributed by atoms with Crippen LogP contribution in [0.1, 0.15) is 37.5 Å². The first-order valence-electron chi connectivity index (χ1n) is 9.58. The zero-order chi connectivity index (χ0) is 21.4. The molecule has 0 aromatic heterocycles. The second kappa shape index (κ2) is 7.71. The zero-order valence-electron chi connectivity index (χ0n) is 17.5. The minimum absolute atomic E-state index is 0.0565. The Hall–Kier alpha value is -2.54. The van der Waals surface area contributed by atoms with Gasteiger partial charge in [-0.05, 0) is 41.2 Å². The van der Waals surface area contributed by atoms with Crippen molar-refractivity contribution in [2.45, 2.75) is 45.8 Å². The number of carbonyl (C=O) groups excluding carboxylic acids is 1. The number of amides is 1. The molecule has 7 heteroatoms. The smallest absolute Gasteiger partial charge is 0.263 e. The number of nitrogens with zero attached hydrogens (tertiary/aromatic N) is 1. The monoisotopic (exact) mass is 416 g/mol. The Morgan fingerprint density at radius 2 is 1.90 bits per heavy atom. The maximum atomic E-state index is 12.7. The minimum Gasteiger partial charge on any atom is -0.476 e. The SMILES string of the molecule is Cc1ccccc1CNC(=O)[C@@H]1CN(S(C)(=O)=O)c2cc(C(C)(C)C)ccc2O1. The summed E-state index contributed by atoms with van der Waals surface area (Å²) < 4.78 is 32.0. The van der Waals surface area contributed by atoms with Crippen molar-refractivity contribution in [2.24, 2.45) is 0 Å². The predicted octanol–water partition coefficient (Wildman–Crippen LogP) is 3.14. The van der Waals surface area contributed by atoms with Gasteiger partial charge in [0.25, 0.3) is 5.91 Å². The molecule has 0 bridgehead atoms. The van der Waals surface area contributed by atoms with E-state index in [1.54, 1.807) is 6.07 Å². The molecule has 2 aromatic carbocycles. The van der Waals surface area contributed by atoms with Crippen LogP contribution in [-0.2, 0) is 26.8 Å². The van der Waals surface area contributed by atoms with Gasteiger partial charge in [-0.15, -0.1) is 0 Å². The molecule has 1 atom stereocenters. The van der Waals surface area contributed by atoms with Gasteiger partial charge in [-0.25, -0.2) is 8.42 Å². The molecule has 1 heterocycles. The van der Waals surface area contributed by atoms with E-state index in [1.165, 1.54) is 4.31 Å². The molecular formula is C22H28N2O4S. The molecule has 3 rings (SSSR count). The third kappa shape index (κ3) is 4.72. The topological polar surface area (TPSA) is 75.7 Å². The molecule has 0 radical (unpaired) electrons. The van der Waals surface area contributed by atoms with Crippen molar-refractivity contribution in [1.82, 2.24) is 5.32 Å². The van der Waals surface area contributed by atoms with E-state index in [1.807, 2.05) is 43.3 Å². The van der Waals surface area contributed by atoms with E-state index in [0.29, 0.717) is 18.0 Å². The molecule has 0 saturated carbocycles. The molecule has 0 fully saturated rings. The summed E-state index contributed by atoms with van der Waals surface area (Å²) in [7, 11) is -3.57. The molecule has 0 spiro atoms. The molecule has 1 N–H and O–H groups in total. The van der Waals surface area contributed by atoms with Crippen molar-refractivity contribution in [2.75, 3.05) is 17.1 Å². The van der Waals surface area contributed by atoms with Crippen molar-refractivity contribution >= 4 is 21.6 Å². The Labute approximate surface area is 172 Å². The van der Waals surface area contributed by atoms with Gasteiger partial charge in [-0.3, -0.25) is 9.10 Å². The Bertz CT molecular complexity index is 1030. The average molecular weight is 417 g/mol. The van der Waals surface area contributed by atoms with Crippen LogP contribution in [0.5, 0.6) is 5.75 Å². The highest BCUT2D eigenvalue weighted by Gasteiger charge is 2.35. The predicted molar refractivity (Wildman–Crippen MR) is 115 cm³/mol. The Morgan fingerprint density at radius 1 is 1.21 bits per heavy atom. The number of sulfonamides is 1. The standard InChI is InChI=1S/C22H28N2O4S/c1-15-8-6-7-9-16(15)13-23-21(25)20-14-24(29(5,26)27)18-12-17(22(2,3)4)10-11-19(18)28-20/h6-12,20H,13-14H2,1-5H3,(H,23,25)/t20-/m0/s1. The molecule has 0 unspecified atom stereocenters. The molecule has 6 nitrogen and oxygen atoms in total. The van der Waals surface area contributed by atoms with Crippen LogP contribution in [0.15, 0.2) is 42.5 Å². The van der Waals surface area contributed by atoms with Crippen LogP contribution in [0.25, 0.3) is 0 Å². The molecular weight excluding hydrogens is 388 g/mol. The lowest BCUT2D eigenvalue weighted by molar-refractivity contribution is -0.127. The summed E-state index contributed by atoms with van der Waals surface area (Å²) in [4.78, 5) is 12.7. The average Bonchev–Trinajstić information content (AvgIpc) is 2.64. The van der Waals surface area contributed by atoms with Gasteiger partial charge in [0.05, 0.1) is 18.5 Å². The number of carbonyl (C=O) groups is 1. The van der Waals surface area contributed by atoms with E-state index >= 15 is 0 Å². The summed E-state index contributed by atoms with van der Waals surface area (Å²) >= 11 is 0. The van der Waals surface area contributed by atoms with E-state index in [4.69, 9.17) is 4.74 Å². The molecule has 0 saturated heterocycles. The van der Waals surface area contributed by atoms with E-state index in [9.17, 15) is 13.2 Å². The molecule has 1 aliphatic rings. The summed E-state index contributed by atoms with van der Waals surface area (Å²) in [5, 5.41) is 2.86. The van der Waals surface area contributed by atoms with Gasteiger partial charge in [0.1, 0.15) is 5.75 Å². The van der Waals surface area contributed by atoms with Crippen LogP contribution in [0.2, 0.25) is 0 Å². The van der Waals surface area contributed by atoms with E-state index in [2.05, 4.69) is 26.1 Å². The Kier molecular flexibility index (Phi) is 5.63. The van der Waals surface area contributed by atoms with Gasteiger partial charge >= 0.3 is 0 Å². The Morgan fingerprint density at radius 3 is 2.52 bits per heavy atom. The van der Waals surface area contributed by atoms with Crippen molar-refractivity contribution in [3.05, 3.63) is 59.2 Å². The largest absolute Gasteiger partial charge is 0.476 e. The number of hydrogen-bond acceptors (Lipinski definition) is 4. The Balaban J connectivity index is 1.85. The highest BCUT2D eigenvalue weighted by molar-refractivity contribution is 7.92. The third-order valence-corrected chi connectivity index (χ3v) is 6.25. The van der Waals surface area contributed by atoms with E-state index < -0.39 is 16.1 Å². The number of nitrogens with one attached hydrogen (secondary N) is 1. The summed E-state index contributed by atoms with van der Waals surface area (Å²) in [6.07, 6.45) is 0.232. The fraction of sp³-hybridized carbons (Fsp3) is 0.409. The highest BCUT2D eigenvalue weighted by atomic mass is 32.2. The number of anilines is 1. The van der Waals surface area contributed by atoms with Crippen LogP contribution in [0, 0.1) is 6.92 Å². The summed E-state index contributed by atoms with van der Waals surface area (Å²) in [5.41, 5.74) is 3.42. The number of aryl methyl sites for hydroxylation is 1. The fourth-order valence-electron chi connectivity index (χ4n) is 3.27. The molecule has 29 heavy (non-hydrogen) atoms. The third-order valence-electron chi connectivity index (χ3n) is 5.10. The van der Waals surface area contributed by atoms with Gasteiger partial charge in [-0.1, -0.05) is 51.1 Å². The van der Waals surface area contributed by atoms with Crippen molar-refractivity contribution in [3.8, 4) is 5.75 Å². The quantitative estimate of drug-likeness (QED) is 0.831. The first kappa shape index (κ1) is 21.2. The van der Waals surface area contributed by atoms with Crippen LogP contribution in [0.3, 0.4) is 0 Å². The van der Waals surface area contributed by atoms with Gasteiger partial charge < -0.3 is 10.1 Å². The van der Waals surface area contributed by atoms with Crippen molar-refractivity contribution in [3.63, 3.8) is 0 Å². The summed E-state index contributed by atoms with van der Waals surface area (Å²) in [5.74, 6) is 0.0539. The summed E-state index contributed by atoms with van der Waals surface area (Å²) in [6, 6.07) is 13.3. The number of hydrogen-bond donors (Lipinski definition) is 1. The first-order valence-corrected chi connectivity index (χ1v) is 11.4. The van der Waals surface area contributed by atoms with Crippen LogP contribution in [0.4, 0.5) is 5.69 Å². The lowest BCUT2D eigenvalue weighted by Crippen LogP contribution is -2.50. The lowest BCUT2D eigenvalue weighted by Gasteiger charge is -2.35. The molecule has 2 aromatic rings. The van der Waals surface area contributed by atoms with Crippen LogP contribution < -0.4 is 14.4 Å². The second-order valence-electron chi connectivity index (χ2n) is 8.48. The van der Waals surface area contributed by atoms with E-state index in [-0.39, 0.29) is 17.9 Å². The number of ether oxygens (including phenoxy) is 1. The van der Waals surface area contributed by atoms with Gasteiger partial charge in [0.15, 0.2) is 6.10 Å². The van der Waals surface area contributed by atoms with Gasteiger partial charge in [0.2, 0.25) is 10.0 Å². The number of fused-ring (bicyclic) bond motifs is 1. The summed E-state index contributed by atoms with van der Waals surface area (Å²) in [6.45, 7) is 8.47. The fourth-order valence-corrected chi connectivity index (χ4v) is 4.18. The van der Waals surface area contributed by atoms with Crippen LogP contribution >= 0.6 is 0 Å². The van der Waals surface area contributed by atoms with Crippen LogP contribution in [-0.4, -0.2) is 33.2 Å². The molecule has 0 aliphatic carbocycles. The lowest BCUT2D eigenvalue weighted by atomic mass is 9.86. The van der Waals surface area contributed by atoms with Crippen molar-refractivity contribution in [1.29, 1.82) is 0 Å². The first-order chi connectivity index (χ1) is 13.5. The molecule has 156 valence electrons. The molecule has 1 aliphatic heterocycles. The normalized spacial score (nSPS) is 16.7.